The predicted molar refractivity (Wildman–Crippen MR) is 92.4 cm³/mol. The Labute approximate surface area is 148 Å². The van der Waals surface area contributed by atoms with E-state index in [1.165, 1.54) is 17.2 Å². The van der Waals surface area contributed by atoms with Crippen LogP contribution in [0.2, 0.25) is 0 Å². The minimum Gasteiger partial charge on any atom is -0.366 e. The quantitative estimate of drug-likeness (QED) is 0.576. The van der Waals surface area contributed by atoms with Crippen LogP contribution in [-0.4, -0.2) is 25.7 Å². The highest BCUT2D eigenvalue weighted by Gasteiger charge is 2.16. The standard InChI is InChI=1S/C18H15F2N5O/c1-10-5-11(2)7-12(6-10)18-22-9-25(24-18)8-14(17(21)26)13-3-4-15(19)23-16(13)20/h3-9H,1-2H3,(H2,21,26)/b14-8-. The lowest BCUT2D eigenvalue weighted by atomic mass is 10.1. The van der Waals surface area contributed by atoms with E-state index in [0.717, 1.165) is 28.8 Å². The fraction of sp³-hybridized carbons (Fsp3) is 0.111. The third kappa shape index (κ3) is 3.64. The van der Waals surface area contributed by atoms with Crippen LogP contribution in [-0.2, 0) is 4.79 Å². The van der Waals surface area contributed by atoms with E-state index in [9.17, 15) is 13.6 Å². The normalized spacial score (nSPS) is 11.6. The Kier molecular flexibility index (Phi) is 4.57. The van der Waals surface area contributed by atoms with Crippen LogP contribution < -0.4 is 5.73 Å². The average molecular weight is 355 g/mol. The first kappa shape index (κ1) is 17.4. The summed E-state index contributed by atoms with van der Waals surface area (Å²) in [5, 5.41) is 4.26. The van der Waals surface area contributed by atoms with Gasteiger partial charge < -0.3 is 5.73 Å². The Morgan fingerprint density at radius 2 is 1.85 bits per heavy atom. The molecule has 26 heavy (non-hydrogen) atoms. The summed E-state index contributed by atoms with van der Waals surface area (Å²) in [5.74, 6) is -2.59. The molecule has 6 nitrogen and oxygen atoms in total. The summed E-state index contributed by atoms with van der Waals surface area (Å²) in [6.45, 7) is 3.92. The zero-order chi connectivity index (χ0) is 18.8. The lowest BCUT2D eigenvalue weighted by molar-refractivity contribution is -0.112. The average Bonchev–Trinajstić information content (AvgIpc) is 3.01. The lowest BCUT2D eigenvalue weighted by Crippen LogP contribution is -2.15. The van der Waals surface area contributed by atoms with Crippen molar-refractivity contribution in [3.8, 4) is 11.4 Å². The molecule has 132 valence electrons. The number of primary amides is 1. The number of aryl methyl sites for hydroxylation is 2. The third-order valence-electron chi connectivity index (χ3n) is 3.62. The van der Waals surface area contributed by atoms with Crippen molar-refractivity contribution >= 4 is 17.7 Å². The molecule has 0 atom stereocenters. The Bertz CT molecular complexity index is 1010. The van der Waals surface area contributed by atoms with Crippen LogP contribution in [0.4, 0.5) is 8.78 Å². The second kappa shape index (κ2) is 6.83. The number of benzene rings is 1. The van der Waals surface area contributed by atoms with Crippen molar-refractivity contribution in [2.75, 3.05) is 0 Å². The van der Waals surface area contributed by atoms with Gasteiger partial charge >= 0.3 is 0 Å². The van der Waals surface area contributed by atoms with Crippen molar-refractivity contribution in [2.24, 2.45) is 5.73 Å². The van der Waals surface area contributed by atoms with Crippen LogP contribution in [0.5, 0.6) is 0 Å². The van der Waals surface area contributed by atoms with Gasteiger partial charge in [0.1, 0.15) is 6.33 Å². The van der Waals surface area contributed by atoms with E-state index in [2.05, 4.69) is 15.1 Å². The van der Waals surface area contributed by atoms with Crippen molar-refractivity contribution in [3.63, 3.8) is 0 Å². The molecule has 0 aliphatic heterocycles. The van der Waals surface area contributed by atoms with Gasteiger partial charge in [-0.25, -0.2) is 9.67 Å². The Morgan fingerprint density at radius 1 is 1.15 bits per heavy atom. The van der Waals surface area contributed by atoms with Crippen molar-refractivity contribution in [3.05, 3.63) is 65.2 Å². The van der Waals surface area contributed by atoms with Crippen molar-refractivity contribution in [1.82, 2.24) is 19.7 Å². The van der Waals surface area contributed by atoms with Crippen LogP contribution >= 0.6 is 0 Å². The topological polar surface area (TPSA) is 86.7 Å². The van der Waals surface area contributed by atoms with Gasteiger partial charge in [0.05, 0.1) is 5.57 Å². The van der Waals surface area contributed by atoms with Gasteiger partial charge in [-0.05, 0) is 38.1 Å². The Hall–Kier alpha value is -3.42. The first-order valence-electron chi connectivity index (χ1n) is 7.67. The van der Waals surface area contributed by atoms with E-state index in [0.29, 0.717) is 5.82 Å². The van der Waals surface area contributed by atoms with Gasteiger partial charge in [0.2, 0.25) is 11.9 Å². The second-order valence-electron chi connectivity index (χ2n) is 5.80. The van der Waals surface area contributed by atoms with Crippen molar-refractivity contribution in [1.29, 1.82) is 0 Å². The number of aromatic nitrogens is 4. The summed E-state index contributed by atoms with van der Waals surface area (Å²) in [7, 11) is 0. The maximum atomic E-state index is 13.9. The Morgan fingerprint density at radius 3 is 2.46 bits per heavy atom. The molecule has 3 rings (SSSR count). The number of carbonyl (C=O) groups is 1. The highest BCUT2D eigenvalue weighted by atomic mass is 19.1. The fourth-order valence-corrected chi connectivity index (χ4v) is 2.58. The molecule has 8 heteroatoms. The van der Waals surface area contributed by atoms with E-state index in [4.69, 9.17) is 5.73 Å². The summed E-state index contributed by atoms with van der Waals surface area (Å²) in [4.78, 5) is 19.0. The Balaban J connectivity index is 2.02. The summed E-state index contributed by atoms with van der Waals surface area (Å²) in [6.07, 6.45) is 2.59. The number of hydrogen-bond donors (Lipinski definition) is 1. The van der Waals surface area contributed by atoms with Gasteiger partial charge in [-0.15, -0.1) is 5.10 Å². The largest absolute Gasteiger partial charge is 0.366 e. The molecule has 2 N–H and O–H groups in total. The lowest BCUT2D eigenvalue weighted by Gasteiger charge is -2.04. The van der Waals surface area contributed by atoms with E-state index in [-0.39, 0.29) is 11.1 Å². The molecule has 0 fully saturated rings. The van der Waals surface area contributed by atoms with Gasteiger partial charge in [0.25, 0.3) is 5.91 Å². The number of halogens is 2. The minimum absolute atomic E-state index is 0.202. The number of carbonyl (C=O) groups excluding carboxylic acids is 1. The number of nitrogens with zero attached hydrogens (tertiary/aromatic N) is 4. The van der Waals surface area contributed by atoms with E-state index < -0.39 is 17.8 Å². The number of amides is 1. The molecule has 0 unspecified atom stereocenters. The molecular weight excluding hydrogens is 340 g/mol. The highest BCUT2D eigenvalue weighted by molar-refractivity contribution is 6.22. The molecule has 2 aromatic heterocycles. The van der Waals surface area contributed by atoms with Gasteiger partial charge in [-0.2, -0.15) is 13.8 Å². The van der Waals surface area contributed by atoms with Gasteiger partial charge in [0.15, 0.2) is 5.82 Å². The molecule has 1 aromatic carbocycles. The van der Waals surface area contributed by atoms with E-state index >= 15 is 0 Å². The van der Waals surface area contributed by atoms with Crippen LogP contribution in [0.3, 0.4) is 0 Å². The van der Waals surface area contributed by atoms with E-state index in [1.54, 1.807) is 0 Å². The van der Waals surface area contributed by atoms with Crippen LogP contribution in [0.15, 0.2) is 36.7 Å². The summed E-state index contributed by atoms with van der Waals surface area (Å²) >= 11 is 0. The first-order chi connectivity index (χ1) is 12.3. The highest BCUT2D eigenvalue weighted by Crippen LogP contribution is 2.20. The van der Waals surface area contributed by atoms with Crippen LogP contribution in [0.1, 0.15) is 16.7 Å². The number of rotatable bonds is 4. The fourth-order valence-electron chi connectivity index (χ4n) is 2.58. The van der Waals surface area contributed by atoms with Gasteiger partial charge in [-0.1, -0.05) is 17.2 Å². The molecule has 0 spiro atoms. The molecule has 1 amide bonds. The monoisotopic (exact) mass is 355 g/mol. The maximum Gasteiger partial charge on any atom is 0.251 e. The summed E-state index contributed by atoms with van der Waals surface area (Å²) in [5.41, 5.74) is 7.83. The molecule has 0 aliphatic carbocycles. The molecule has 3 aromatic rings. The number of hydrogen-bond acceptors (Lipinski definition) is 4. The van der Waals surface area contributed by atoms with Gasteiger partial charge in [-0.3, -0.25) is 4.79 Å². The maximum absolute atomic E-state index is 13.9. The number of pyridine rings is 1. The van der Waals surface area contributed by atoms with Crippen LogP contribution in [0.25, 0.3) is 23.2 Å². The third-order valence-corrected chi connectivity index (χ3v) is 3.62. The summed E-state index contributed by atoms with van der Waals surface area (Å²) < 4.78 is 28.1. The zero-order valence-electron chi connectivity index (χ0n) is 14.1. The predicted octanol–water partition coefficient (Wildman–Crippen LogP) is 2.72. The van der Waals surface area contributed by atoms with E-state index in [1.807, 2.05) is 32.0 Å². The van der Waals surface area contributed by atoms with Crippen molar-refractivity contribution < 1.29 is 13.6 Å². The molecule has 0 aliphatic rings. The SMILES string of the molecule is Cc1cc(C)cc(-c2ncn(/C=C(\C(N)=O)c3ccc(F)nc3F)n2)c1. The van der Waals surface area contributed by atoms with Crippen molar-refractivity contribution in [2.45, 2.75) is 13.8 Å². The summed E-state index contributed by atoms with van der Waals surface area (Å²) in [6, 6.07) is 7.91. The molecule has 0 bridgehead atoms. The second-order valence-corrected chi connectivity index (χ2v) is 5.80. The molecule has 0 saturated carbocycles. The minimum atomic E-state index is -1.13. The molecular formula is C18H15F2N5O. The van der Waals surface area contributed by atoms with Gasteiger partial charge in [0, 0.05) is 17.3 Å². The first-order valence-corrected chi connectivity index (χ1v) is 7.67. The van der Waals surface area contributed by atoms with Crippen LogP contribution in [0, 0.1) is 25.7 Å². The molecule has 0 radical (unpaired) electrons. The zero-order valence-corrected chi connectivity index (χ0v) is 14.1. The molecule has 2 heterocycles. The number of nitrogens with two attached hydrogens (primary N) is 1. The smallest absolute Gasteiger partial charge is 0.251 e. The molecule has 0 saturated heterocycles.